The number of para-hydroxylation sites is 1. The van der Waals surface area contributed by atoms with Gasteiger partial charge >= 0.3 is 11.9 Å². The van der Waals surface area contributed by atoms with Gasteiger partial charge in [0, 0.05) is 0 Å². The zero-order chi connectivity index (χ0) is 17.8. The van der Waals surface area contributed by atoms with E-state index in [4.69, 9.17) is 9.47 Å². The molecule has 0 N–H and O–H groups in total. The molecule has 128 valence electrons. The first kappa shape index (κ1) is 19.2. The summed E-state index contributed by atoms with van der Waals surface area (Å²) < 4.78 is 10.9. The van der Waals surface area contributed by atoms with Crippen molar-refractivity contribution in [1.82, 2.24) is 0 Å². The normalized spacial score (nSPS) is 12.0. The summed E-state index contributed by atoms with van der Waals surface area (Å²) in [5.41, 5.74) is 0.431. The smallest absolute Gasteiger partial charge is 0.311 e. The van der Waals surface area contributed by atoms with Crippen molar-refractivity contribution in [3.63, 3.8) is 0 Å². The maximum Gasteiger partial charge on any atom is 0.311 e. The number of aryl methyl sites for hydroxylation is 1. The summed E-state index contributed by atoms with van der Waals surface area (Å²) in [7, 11) is 0. The van der Waals surface area contributed by atoms with Crippen molar-refractivity contribution in [2.45, 2.75) is 61.3 Å². The Kier molecular flexibility index (Phi) is 5.98. The van der Waals surface area contributed by atoms with Crippen LogP contribution in [-0.2, 0) is 9.59 Å². The van der Waals surface area contributed by atoms with Crippen LogP contribution >= 0.6 is 0 Å². The molecular weight excluding hydrogens is 292 g/mol. The topological polar surface area (TPSA) is 52.6 Å². The summed E-state index contributed by atoms with van der Waals surface area (Å²) in [6.07, 6.45) is 0.576. The molecule has 4 nitrogen and oxygen atoms in total. The minimum absolute atomic E-state index is 0.163. The minimum Gasteiger partial charge on any atom is -0.422 e. The number of hydrogen-bond donors (Lipinski definition) is 0. The molecule has 0 fully saturated rings. The van der Waals surface area contributed by atoms with Crippen molar-refractivity contribution >= 4 is 11.9 Å². The molecule has 0 aliphatic heterocycles. The van der Waals surface area contributed by atoms with E-state index in [-0.39, 0.29) is 35.6 Å². The van der Waals surface area contributed by atoms with Gasteiger partial charge in [-0.1, -0.05) is 53.7 Å². The molecule has 0 aliphatic carbocycles. The lowest BCUT2D eigenvalue weighted by atomic mass is 9.92. The molecule has 0 unspecified atom stereocenters. The molecular formula is C19H28O4. The average molecular weight is 320 g/mol. The van der Waals surface area contributed by atoms with Crippen molar-refractivity contribution in [1.29, 1.82) is 0 Å². The van der Waals surface area contributed by atoms with Crippen LogP contribution in [-0.4, -0.2) is 11.9 Å². The number of ether oxygens (including phenoxy) is 2. The fourth-order valence-electron chi connectivity index (χ4n) is 2.01. The number of rotatable bonds is 4. The first-order valence-electron chi connectivity index (χ1n) is 7.88. The predicted octanol–water partition coefficient (Wildman–Crippen LogP) is 4.68. The van der Waals surface area contributed by atoms with Gasteiger partial charge in [0.05, 0.1) is 12.8 Å². The van der Waals surface area contributed by atoms with Gasteiger partial charge in [-0.15, -0.1) is 0 Å². The highest BCUT2D eigenvalue weighted by molar-refractivity contribution is 5.77. The molecule has 4 heteroatoms. The average Bonchev–Trinajstić information content (AvgIpc) is 2.28. The molecule has 1 aromatic carbocycles. The van der Waals surface area contributed by atoms with Gasteiger partial charge in [-0.3, -0.25) is 9.59 Å². The van der Waals surface area contributed by atoms with Crippen LogP contribution < -0.4 is 9.47 Å². The summed E-state index contributed by atoms with van der Waals surface area (Å²) in [5, 5.41) is 0. The first-order chi connectivity index (χ1) is 10.4. The molecule has 0 saturated heterocycles. The lowest BCUT2D eigenvalue weighted by Gasteiger charge is -2.19. The van der Waals surface area contributed by atoms with Crippen LogP contribution in [0.4, 0.5) is 0 Å². The lowest BCUT2D eigenvalue weighted by Crippen LogP contribution is -2.20. The Morgan fingerprint density at radius 2 is 1.35 bits per heavy atom. The second-order valence-corrected chi connectivity index (χ2v) is 8.33. The summed E-state index contributed by atoms with van der Waals surface area (Å²) >= 11 is 0. The fourth-order valence-corrected chi connectivity index (χ4v) is 2.01. The van der Waals surface area contributed by atoms with Crippen LogP contribution in [0.5, 0.6) is 11.5 Å². The summed E-state index contributed by atoms with van der Waals surface area (Å²) in [5.74, 6) is -0.0540. The van der Waals surface area contributed by atoms with E-state index >= 15 is 0 Å². The largest absolute Gasteiger partial charge is 0.422 e. The lowest BCUT2D eigenvalue weighted by molar-refractivity contribution is -0.139. The molecule has 1 rings (SSSR count). The maximum absolute atomic E-state index is 12.1. The number of hydrogen-bond acceptors (Lipinski definition) is 4. The molecule has 0 radical (unpaired) electrons. The third kappa shape index (κ3) is 7.31. The molecule has 0 amide bonds. The third-order valence-corrected chi connectivity index (χ3v) is 2.96. The van der Waals surface area contributed by atoms with Crippen molar-refractivity contribution in [3.05, 3.63) is 23.8 Å². The van der Waals surface area contributed by atoms with Gasteiger partial charge < -0.3 is 9.47 Å². The molecule has 23 heavy (non-hydrogen) atoms. The molecule has 0 saturated carbocycles. The van der Waals surface area contributed by atoms with Crippen molar-refractivity contribution in [2.24, 2.45) is 10.8 Å². The van der Waals surface area contributed by atoms with Gasteiger partial charge in [-0.25, -0.2) is 0 Å². The van der Waals surface area contributed by atoms with E-state index in [1.807, 2.05) is 54.5 Å². The number of carbonyl (C=O) groups excluding carboxylic acids is 2. The Labute approximate surface area is 139 Å². The van der Waals surface area contributed by atoms with E-state index in [9.17, 15) is 9.59 Å². The quantitative estimate of drug-likeness (QED) is 0.597. The van der Waals surface area contributed by atoms with Gasteiger partial charge in [-0.2, -0.15) is 0 Å². The molecule has 0 heterocycles. The summed E-state index contributed by atoms with van der Waals surface area (Å²) in [6.45, 7) is 13.6. The third-order valence-electron chi connectivity index (χ3n) is 2.96. The maximum atomic E-state index is 12.1. The Morgan fingerprint density at radius 3 is 1.83 bits per heavy atom. The van der Waals surface area contributed by atoms with Crippen LogP contribution in [0.3, 0.4) is 0 Å². The van der Waals surface area contributed by atoms with Gasteiger partial charge in [0.25, 0.3) is 0 Å². The second-order valence-electron chi connectivity index (χ2n) is 8.33. The fraction of sp³-hybridized carbons (Fsp3) is 0.579. The van der Waals surface area contributed by atoms with Crippen LogP contribution in [0.2, 0.25) is 0 Å². The Hall–Kier alpha value is -1.84. The van der Waals surface area contributed by atoms with E-state index in [1.165, 1.54) is 0 Å². The predicted molar refractivity (Wildman–Crippen MR) is 90.6 cm³/mol. The van der Waals surface area contributed by atoms with Crippen molar-refractivity contribution < 1.29 is 19.1 Å². The van der Waals surface area contributed by atoms with E-state index in [1.54, 1.807) is 12.1 Å². The number of benzene rings is 1. The minimum atomic E-state index is -0.337. The van der Waals surface area contributed by atoms with Crippen LogP contribution in [0, 0.1) is 17.8 Å². The highest BCUT2D eigenvalue weighted by Gasteiger charge is 2.22. The zero-order valence-corrected chi connectivity index (χ0v) is 15.3. The highest BCUT2D eigenvalue weighted by atomic mass is 16.6. The van der Waals surface area contributed by atoms with E-state index in [2.05, 4.69) is 0 Å². The van der Waals surface area contributed by atoms with Crippen LogP contribution in [0.15, 0.2) is 18.2 Å². The summed E-state index contributed by atoms with van der Waals surface area (Å²) in [4.78, 5) is 24.1. The Bertz CT molecular complexity index is 574. The molecule has 0 aromatic heterocycles. The zero-order valence-electron chi connectivity index (χ0n) is 15.3. The summed E-state index contributed by atoms with van der Waals surface area (Å²) in [6, 6.07) is 5.24. The molecule has 0 bridgehead atoms. The Morgan fingerprint density at radius 1 is 0.870 bits per heavy atom. The SMILES string of the molecule is Cc1cccc(OC(=O)CC(C)(C)C)c1OC(=O)CC(C)(C)C. The van der Waals surface area contributed by atoms with Crippen LogP contribution in [0.25, 0.3) is 0 Å². The van der Waals surface area contributed by atoms with E-state index < -0.39 is 0 Å². The Balaban J connectivity index is 2.92. The van der Waals surface area contributed by atoms with Crippen molar-refractivity contribution in [2.75, 3.05) is 0 Å². The standard InChI is InChI=1S/C19H28O4/c1-13-9-8-10-14(22-15(20)11-18(2,3)4)17(13)23-16(21)12-19(5,6)7/h8-10H,11-12H2,1-7H3. The van der Waals surface area contributed by atoms with E-state index in [0.717, 1.165) is 5.56 Å². The molecule has 0 aliphatic rings. The van der Waals surface area contributed by atoms with Gasteiger partial charge in [0.15, 0.2) is 11.5 Å². The van der Waals surface area contributed by atoms with E-state index in [0.29, 0.717) is 11.5 Å². The molecule has 1 aromatic rings. The monoisotopic (exact) mass is 320 g/mol. The second kappa shape index (κ2) is 7.16. The van der Waals surface area contributed by atoms with Gasteiger partial charge in [-0.05, 0) is 29.4 Å². The molecule has 0 atom stereocenters. The van der Waals surface area contributed by atoms with Gasteiger partial charge in [0.1, 0.15) is 0 Å². The van der Waals surface area contributed by atoms with Crippen molar-refractivity contribution in [3.8, 4) is 11.5 Å². The van der Waals surface area contributed by atoms with Gasteiger partial charge in [0.2, 0.25) is 0 Å². The van der Waals surface area contributed by atoms with Crippen LogP contribution in [0.1, 0.15) is 59.9 Å². The highest BCUT2D eigenvalue weighted by Crippen LogP contribution is 2.33. The number of esters is 2. The first-order valence-corrected chi connectivity index (χ1v) is 7.88. The molecule has 0 spiro atoms. The number of carbonyl (C=O) groups is 2.